The highest BCUT2D eigenvalue weighted by Crippen LogP contribution is 2.34. The van der Waals surface area contributed by atoms with Gasteiger partial charge in [0, 0.05) is 6.54 Å². The second kappa shape index (κ2) is 4.40. The largest absolute Gasteiger partial charge is 0.469 e. The van der Waals surface area contributed by atoms with Crippen LogP contribution >= 0.6 is 0 Å². The van der Waals surface area contributed by atoms with Gasteiger partial charge in [-0.25, -0.2) is 0 Å². The van der Waals surface area contributed by atoms with Crippen LogP contribution in [0.5, 0.6) is 11.5 Å². The number of nitrogens with two attached hydrogens (primary N) is 1. The van der Waals surface area contributed by atoms with Gasteiger partial charge in [-0.1, -0.05) is 6.07 Å². The SMILES string of the molecule is COC(=O)[C@H](CN)c1ccc2c(c1)OCO2. The van der Waals surface area contributed by atoms with Crippen molar-refractivity contribution < 1.29 is 19.0 Å². The fourth-order valence-electron chi connectivity index (χ4n) is 1.64. The quantitative estimate of drug-likeness (QED) is 0.761. The summed E-state index contributed by atoms with van der Waals surface area (Å²) in [5.74, 6) is 0.519. The van der Waals surface area contributed by atoms with Crippen molar-refractivity contribution in [1.29, 1.82) is 0 Å². The maximum atomic E-state index is 11.5. The van der Waals surface area contributed by atoms with Crippen LogP contribution in [0.1, 0.15) is 11.5 Å². The molecule has 0 spiro atoms. The molecule has 0 saturated carbocycles. The van der Waals surface area contributed by atoms with E-state index in [0.717, 1.165) is 5.56 Å². The van der Waals surface area contributed by atoms with Gasteiger partial charge in [0.25, 0.3) is 0 Å². The van der Waals surface area contributed by atoms with Crippen molar-refractivity contribution in [3.8, 4) is 11.5 Å². The summed E-state index contributed by atoms with van der Waals surface area (Å²) in [7, 11) is 1.35. The summed E-state index contributed by atoms with van der Waals surface area (Å²) in [5, 5.41) is 0. The van der Waals surface area contributed by atoms with Gasteiger partial charge < -0.3 is 19.9 Å². The van der Waals surface area contributed by atoms with Gasteiger partial charge in [0.2, 0.25) is 6.79 Å². The summed E-state index contributed by atoms with van der Waals surface area (Å²) >= 11 is 0. The van der Waals surface area contributed by atoms with E-state index in [-0.39, 0.29) is 19.3 Å². The number of carbonyl (C=O) groups is 1. The molecule has 5 heteroatoms. The van der Waals surface area contributed by atoms with Crippen molar-refractivity contribution in [2.45, 2.75) is 5.92 Å². The Bertz CT molecular complexity index is 405. The zero-order valence-corrected chi connectivity index (χ0v) is 8.93. The van der Waals surface area contributed by atoms with Crippen molar-refractivity contribution in [3.63, 3.8) is 0 Å². The molecule has 5 nitrogen and oxygen atoms in total. The second-order valence-corrected chi connectivity index (χ2v) is 3.42. The van der Waals surface area contributed by atoms with E-state index in [0.29, 0.717) is 11.5 Å². The van der Waals surface area contributed by atoms with Crippen LogP contribution in [0.15, 0.2) is 18.2 Å². The first-order chi connectivity index (χ1) is 7.76. The molecule has 16 heavy (non-hydrogen) atoms. The molecule has 1 heterocycles. The number of benzene rings is 1. The third-order valence-corrected chi connectivity index (χ3v) is 2.52. The number of rotatable bonds is 3. The monoisotopic (exact) mass is 223 g/mol. The zero-order valence-electron chi connectivity index (χ0n) is 8.93. The van der Waals surface area contributed by atoms with E-state index in [2.05, 4.69) is 4.74 Å². The highest BCUT2D eigenvalue weighted by atomic mass is 16.7. The Morgan fingerprint density at radius 3 is 2.94 bits per heavy atom. The molecule has 1 atom stereocenters. The fourth-order valence-corrected chi connectivity index (χ4v) is 1.64. The van der Waals surface area contributed by atoms with Crippen LogP contribution in [0.4, 0.5) is 0 Å². The van der Waals surface area contributed by atoms with E-state index in [1.165, 1.54) is 7.11 Å². The highest BCUT2D eigenvalue weighted by Gasteiger charge is 2.22. The van der Waals surface area contributed by atoms with Crippen LogP contribution in [0.3, 0.4) is 0 Å². The van der Waals surface area contributed by atoms with Crippen molar-refractivity contribution in [3.05, 3.63) is 23.8 Å². The van der Waals surface area contributed by atoms with Gasteiger partial charge in [-0.3, -0.25) is 4.79 Å². The van der Waals surface area contributed by atoms with E-state index in [4.69, 9.17) is 15.2 Å². The topological polar surface area (TPSA) is 70.8 Å². The van der Waals surface area contributed by atoms with Gasteiger partial charge in [0.15, 0.2) is 11.5 Å². The summed E-state index contributed by atoms with van der Waals surface area (Å²) in [6.45, 7) is 0.413. The van der Waals surface area contributed by atoms with Crippen LogP contribution in [0, 0.1) is 0 Å². The van der Waals surface area contributed by atoms with Gasteiger partial charge in [-0.15, -0.1) is 0 Å². The predicted octanol–water partition coefficient (Wildman–Crippen LogP) is 0.631. The average Bonchev–Trinajstić information content (AvgIpc) is 2.77. The lowest BCUT2D eigenvalue weighted by Crippen LogP contribution is -2.22. The Labute approximate surface area is 93.1 Å². The Morgan fingerprint density at radius 2 is 2.25 bits per heavy atom. The number of hydrogen-bond acceptors (Lipinski definition) is 5. The summed E-state index contributed by atoms with van der Waals surface area (Å²) < 4.78 is 15.1. The van der Waals surface area contributed by atoms with E-state index in [1.54, 1.807) is 18.2 Å². The van der Waals surface area contributed by atoms with Gasteiger partial charge >= 0.3 is 5.97 Å². The van der Waals surface area contributed by atoms with Gasteiger partial charge in [0.05, 0.1) is 13.0 Å². The molecule has 0 bridgehead atoms. The average molecular weight is 223 g/mol. The lowest BCUT2D eigenvalue weighted by molar-refractivity contribution is -0.142. The Kier molecular flexibility index (Phi) is 2.96. The maximum Gasteiger partial charge on any atom is 0.314 e. The standard InChI is InChI=1S/C11H13NO4/c1-14-11(13)8(5-12)7-2-3-9-10(4-7)16-6-15-9/h2-4,8H,5-6,12H2,1H3/t8-/m1/s1. The van der Waals surface area contributed by atoms with E-state index < -0.39 is 5.92 Å². The number of esters is 1. The van der Waals surface area contributed by atoms with Crippen molar-refractivity contribution in [1.82, 2.24) is 0 Å². The van der Waals surface area contributed by atoms with Crippen molar-refractivity contribution >= 4 is 5.97 Å². The van der Waals surface area contributed by atoms with Crippen LogP contribution in [-0.4, -0.2) is 26.4 Å². The molecule has 0 radical (unpaired) electrons. The second-order valence-electron chi connectivity index (χ2n) is 3.42. The van der Waals surface area contributed by atoms with Gasteiger partial charge in [-0.2, -0.15) is 0 Å². The molecule has 2 N–H and O–H groups in total. The van der Waals surface area contributed by atoms with Crippen LogP contribution in [0.25, 0.3) is 0 Å². The highest BCUT2D eigenvalue weighted by molar-refractivity contribution is 5.78. The molecule has 0 aliphatic carbocycles. The Balaban J connectivity index is 2.29. The van der Waals surface area contributed by atoms with Crippen LogP contribution < -0.4 is 15.2 Å². The van der Waals surface area contributed by atoms with Gasteiger partial charge in [-0.05, 0) is 17.7 Å². The first-order valence-corrected chi connectivity index (χ1v) is 4.93. The minimum Gasteiger partial charge on any atom is -0.469 e. The number of ether oxygens (including phenoxy) is 3. The van der Waals surface area contributed by atoms with Crippen LogP contribution in [-0.2, 0) is 9.53 Å². The number of carbonyl (C=O) groups excluding carboxylic acids is 1. The Hall–Kier alpha value is -1.75. The molecule has 86 valence electrons. The molecule has 0 amide bonds. The molecule has 1 aromatic carbocycles. The third kappa shape index (κ3) is 1.81. The molecular weight excluding hydrogens is 210 g/mol. The summed E-state index contributed by atoms with van der Waals surface area (Å²) in [6.07, 6.45) is 0. The summed E-state index contributed by atoms with van der Waals surface area (Å²) in [5.41, 5.74) is 6.33. The third-order valence-electron chi connectivity index (χ3n) is 2.52. The van der Waals surface area contributed by atoms with E-state index in [1.807, 2.05) is 0 Å². The van der Waals surface area contributed by atoms with E-state index >= 15 is 0 Å². The van der Waals surface area contributed by atoms with Crippen molar-refractivity contribution in [2.75, 3.05) is 20.4 Å². The lowest BCUT2D eigenvalue weighted by Gasteiger charge is -2.12. The molecule has 1 aromatic rings. The zero-order chi connectivity index (χ0) is 11.5. The maximum absolute atomic E-state index is 11.5. The molecule has 0 saturated heterocycles. The number of fused-ring (bicyclic) bond motifs is 1. The number of hydrogen-bond donors (Lipinski definition) is 1. The Morgan fingerprint density at radius 1 is 1.50 bits per heavy atom. The fraction of sp³-hybridized carbons (Fsp3) is 0.364. The predicted molar refractivity (Wildman–Crippen MR) is 56.4 cm³/mol. The molecule has 0 aromatic heterocycles. The van der Waals surface area contributed by atoms with E-state index in [9.17, 15) is 4.79 Å². The normalized spacial score (nSPS) is 14.6. The molecule has 2 rings (SSSR count). The first kappa shape index (κ1) is 10.8. The molecule has 1 aliphatic heterocycles. The summed E-state index contributed by atoms with van der Waals surface area (Å²) in [4.78, 5) is 11.5. The number of methoxy groups -OCH3 is 1. The van der Waals surface area contributed by atoms with Gasteiger partial charge in [0.1, 0.15) is 0 Å². The minimum absolute atomic E-state index is 0.201. The molecular formula is C11H13NO4. The van der Waals surface area contributed by atoms with Crippen LogP contribution in [0.2, 0.25) is 0 Å². The van der Waals surface area contributed by atoms with Crippen molar-refractivity contribution in [2.24, 2.45) is 5.73 Å². The minimum atomic E-state index is -0.459. The molecule has 0 fully saturated rings. The lowest BCUT2D eigenvalue weighted by atomic mass is 9.99. The first-order valence-electron chi connectivity index (χ1n) is 4.93. The molecule has 1 aliphatic rings. The smallest absolute Gasteiger partial charge is 0.314 e. The molecule has 0 unspecified atom stereocenters. The summed E-state index contributed by atoms with van der Waals surface area (Å²) in [6, 6.07) is 5.32.